The minimum absolute atomic E-state index is 0.0882. The molecule has 1 aliphatic rings. The lowest BCUT2D eigenvalue weighted by Gasteiger charge is -2.28. The highest BCUT2D eigenvalue weighted by atomic mass is 35.5. The Morgan fingerprint density at radius 3 is 2.63 bits per heavy atom. The van der Waals surface area contributed by atoms with Crippen LogP contribution in [0.1, 0.15) is 12.8 Å². The molecule has 1 aliphatic heterocycles. The van der Waals surface area contributed by atoms with Crippen molar-refractivity contribution in [1.82, 2.24) is 4.90 Å². The van der Waals surface area contributed by atoms with E-state index in [2.05, 4.69) is 5.32 Å². The number of aliphatic hydroxyl groups is 1. The number of hydrogen-bond donors (Lipinski definition) is 2. The van der Waals surface area contributed by atoms with Crippen molar-refractivity contribution >= 4 is 34.8 Å². The topological polar surface area (TPSA) is 52.6 Å². The van der Waals surface area contributed by atoms with Gasteiger partial charge in [0, 0.05) is 18.8 Å². The zero-order valence-corrected chi connectivity index (χ0v) is 11.9. The number of piperidine rings is 1. The Bertz CT molecular complexity index is 460. The molecule has 0 aliphatic carbocycles. The normalized spacial score (nSPS) is 17.4. The minimum Gasteiger partial charge on any atom is -0.393 e. The molecule has 0 bridgehead atoms. The molecule has 19 heavy (non-hydrogen) atoms. The van der Waals surface area contributed by atoms with E-state index in [0.717, 1.165) is 25.9 Å². The van der Waals surface area contributed by atoms with E-state index in [1.165, 1.54) is 0 Å². The summed E-state index contributed by atoms with van der Waals surface area (Å²) >= 11 is 11.7. The van der Waals surface area contributed by atoms with Gasteiger partial charge in [0.25, 0.3) is 0 Å². The summed E-state index contributed by atoms with van der Waals surface area (Å²) in [6.45, 7) is 1.82. The molecule has 0 spiro atoms. The number of benzene rings is 1. The van der Waals surface area contributed by atoms with Gasteiger partial charge >= 0.3 is 0 Å². The molecule has 1 saturated heterocycles. The number of likely N-dealkylation sites (tertiary alicyclic amines) is 1. The standard InChI is InChI=1S/C13H16Cl2N2O2/c14-11-2-1-9(7-12(11)15)16-13(19)8-17-5-3-10(18)4-6-17/h1-2,7,10,18H,3-6,8H2,(H,16,19). The largest absolute Gasteiger partial charge is 0.393 e. The number of amides is 1. The van der Waals surface area contributed by atoms with E-state index < -0.39 is 0 Å². The third kappa shape index (κ3) is 4.35. The summed E-state index contributed by atoms with van der Waals surface area (Å²) in [7, 11) is 0. The average molecular weight is 303 g/mol. The van der Waals surface area contributed by atoms with Gasteiger partial charge in [0.15, 0.2) is 0 Å². The molecule has 1 fully saturated rings. The second kappa shape index (κ2) is 6.57. The number of carbonyl (C=O) groups is 1. The molecule has 2 N–H and O–H groups in total. The van der Waals surface area contributed by atoms with E-state index in [1.54, 1.807) is 18.2 Å². The van der Waals surface area contributed by atoms with Gasteiger partial charge in [-0.25, -0.2) is 0 Å². The molecule has 6 heteroatoms. The zero-order chi connectivity index (χ0) is 13.8. The fourth-order valence-electron chi connectivity index (χ4n) is 2.05. The first-order chi connectivity index (χ1) is 9.04. The van der Waals surface area contributed by atoms with Crippen molar-refractivity contribution in [2.45, 2.75) is 18.9 Å². The highest BCUT2D eigenvalue weighted by Crippen LogP contribution is 2.25. The quantitative estimate of drug-likeness (QED) is 0.901. The molecule has 1 amide bonds. The van der Waals surface area contributed by atoms with Gasteiger partial charge in [-0.3, -0.25) is 9.69 Å². The van der Waals surface area contributed by atoms with Gasteiger partial charge in [0.05, 0.1) is 22.7 Å². The van der Waals surface area contributed by atoms with Gasteiger partial charge in [-0.2, -0.15) is 0 Å². The van der Waals surface area contributed by atoms with Crippen LogP contribution in [-0.4, -0.2) is 41.7 Å². The molecule has 4 nitrogen and oxygen atoms in total. The van der Waals surface area contributed by atoms with E-state index in [4.69, 9.17) is 23.2 Å². The summed E-state index contributed by atoms with van der Waals surface area (Å²) in [5.74, 6) is -0.0882. The van der Waals surface area contributed by atoms with E-state index in [0.29, 0.717) is 22.3 Å². The van der Waals surface area contributed by atoms with Crippen LogP contribution in [0.25, 0.3) is 0 Å². The molecule has 1 heterocycles. The van der Waals surface area contributed by atoms with Crippen molar-refractivity contribution in [2.24, 2.45) is 0 Å². The summed E-state index contributed by atoms with van der Waals surface area (Å²) in [5.41, 5.74) is 0.636. The monoisotopic (exact) mass is 302 g/mol. The van der Waals surface area contributed by atoms with E-state index in [-0.39, 0.29) is 12.0 Å². The summed E-state index contributed by atoms with van der Waals surface area (Å²) in [4.78, 5) is 13.9. The third-order valence-electron chi connectivity index (χ3n) is 3.13. The second-order valence-electron chi connectivity index (χ2n) is 4.68. The molecule has 2 rings (SSSR count). The van der Waals surface area contributed by atoms with Crippen LogP contribution >= 0.6 is 23.2 Å². The van der Waals surface area contributed by atoms with Crippen molar-refractivity contribution in [3.63, 3.8) is 0 Å². The summed E-state index contributed by atoms with van der Waals surface area (Å²) < 4.78 is 0. The average Bonchev–Trinajstić information content (AvgIpc) is 2.37. The smallest absolute Gasteiger partial charge is 0.238 e. The third-order valence-corrected chi connectivity index (χ3v) is 3.87. The van der Waals surface area contributed by atoms with Gasteiger partial charge < -0.3 is 10.4 Å². The highest BCUT2D eigenvalue weighted by molar-refractivity contribution is 6.42. The van der Waals surface area contributed by atoms with E-state index in [9.17, 15) is 9.90 Å². The number of anilines is 1. The maximum atomic E-state index is 11.9. The molecule has 0 saturated carbocycles. The highest BCUT2D eigenvalue weighted by Gasteiger charge is 2.18. The van der Waals surface area contributed by atoms with Crippen molar-refractivity contribution in [2.75, 3.05) is 25.0 Å². The Morgan fingerprint density at radius 2 is 2.00 bits per heavy atom. The molecule has 0 radical (unpaired) electrons. The predicted molar refractivity (Wildman–Crippen MR) is 76.8 cm³/mol. The molecule has 0 unspecified atom stereocenters. The molecule has 0 aromatic heterocycles. The Balaban J connectivity index is 1.85. The van der Waals surface area contributed by atoms with Gasteiger partial charge in [0.2, 0.25) is 5.91 Å². The summed E-state index contributed by atoms with van der Waals surface area (Å²) in [5, 5.41) is 13.1. The fourth-order valence-corrected chi connectivity index (χ4v) is 2.35. The molecule has 0 atom stereocenters. The van der Waals surface area contributed by atoms with Crippen LogP contribution in [0.3, 0.4) is 0 Å². The molecule has 104 valence electrons. The first-order valence-corrected chi connectivity index (χ1v) is 6.95. The number of nitrogens with zero attached hydrogens (tertiary/aromatic N) is 1. The number of nitrogens with one attached hydrogen (secondary N) is 1. The lowest BCUT2D eigenvalue weighted by atomic mass is 10.1. The Morgan fingerprint density at radius 1 is 1.32 bits per heavy atom. The van der Waals surface area contributed by atoms with Crippen LogP contribution in [0.5, 0.6) is 0 Å². The lowest BCUT2D eigenvalue weighted by Crippen LogP contribution is -2.40. The molecular formula is C13H16Cl2N2O2. The van der Waals surface area contributed by atoms with Crippen LogP contribution in [0, 0.1) is 0 Å². The Labute approximate surface area is 122 Å². The van der Waals surface area contributed by atoms with Crippen molar-refractivity contribution < 1.29 is 9.90 Å². The fraction of sp³-hybridized carbons (Fsp3) is 0.462. The number of halogens is 2. The van der Waals surface area contributed by atoms with Crippen molar-refractivity contribution in [3.05, 3.63) is 28.2 Å². The number of aliphatic hydroxyl groups excluding tert-OH is 1. The maximum absolute atomic E-state index is 11.9. The van der Waals surface area contributed by atoms with Crippen LogP contribution in [0.2, 0.25) is 10.0 Å². The molecular weight excluding hydrogens is 287 g/mol. The molecule has 1 aromatic carbocycles. The Hall–Kier alpha value is -0.810. The zero-order valence-electron chi connectivity index (χ0n) is 10.4. The first-order valence-electron chi connectivity index (χ1n) is 6.20. The predicted octanol–water partition coefficient (Wildman–Crippen LogP) is 2.39. The van der Waals surface area contributed by atoms with Gasteiger partial charge in [-0.15, -0.1) is 0 Å². The van der Waals surface area contributed by atoms with Crippen LogP contribution in [0.15, 0.2) is 18.2 Å². The second-order valence-corrected chi connectivity index (χ2v) is 5.50. The number of rotatable bonds is 3. The lowest BCUT2D eigenvalue weighted by molar-refractivity contribution is -0.117. The van der Waals surface area contributed by atoms with Crippen LogP contribution in [-0.2, 0) is 4.79 Å². The summed E-state index contributed by atoms with van der Waals surface area (Å²) in [6.07, 6.45) is 1.22. The minimum atomic E-state index is -0.227. The van der Waals surface area contributed by atoms with E-state index in [1.807, 2.05) is 4.90 Å². The Kier molecular flexibility index (Phi) is 5.05. The van der Waals surface area contributed by atoms with Crippen molar-refractivity contribution in [3.8, 4) is 0 Å². The maximum Gasteiger partial charge on any atom is 0.238 e. The molecule has 1 aromatic rings. The van der Waals surface area contributed by atoms with Crippen LogP contribution < -0.4 is 5.32 Å². The van der Waals surface area contributed by atoms with Crippen molar-refractivity contribution in [1.29, 1.82) is 0 Å². The van der Waals surface area contributed by atoms with Gasteiger partial charge in [-0.1, -0.05) is 23.2 Å². The van der Waals surface area contributed by atoms with Gasteiger partial charge in [-0.05, 0) is 31.0 Å². The van der Waals surface area contributed by atoms with Crippen LogP contribution in [0.4, 0.5) is 5.69 Å². The SMILES string of the molecule is O=C(CN1CCC(O)CC1)Nc1ccc(Cl)c(Cl)c1. The van der Waals surface area contributed by atoms with E-state index >= 15 is 0 Å². The number of carbonyl (C=O) groups excluding carboxylic acids is 1. The first kappa shape index (κ1) is 14.6. The summed E-state index contributed by atoms with van der Waals surface area (Å²) in [6, 6.07) is 4.99. The van der Waals surface area contributed by atoms with Gasteiger partial charge in [0.1, 0.15) is 0 Å². The number of hydrogen-bond acceptors (Lipinski definition) is 3.